The molecule has 5 nitrogen and oxygen atoms in total. The van der Waals surface area contributed by atoms with E-state index in [1.54, 1.807) is 0 Å². The van der Waals surface area contributed by atoms with Gasteiger partial charge in [0.25, 0.3) is 0 Å². The fourth-order valence-electron chi connectivity index (χ4n) is 3.85. The van der Waals surface area contributed by atoms with E-state index in [0.29, 0.717) is 31.7 Å². The third-order valence-corrected chi connectivity index (χ3v) is 5.48. The minimum absolute atomic E-state index is 0.163. The van der Waals surface area contributed by atoms with Gasteiger partial charge in [0.2, 0.25) is 0 Å². The highest BCUT2D eigenvalue weighted by Gasteiger charge is 2.43. The molecular weight excluding hydrogens is 321 g/mol. The van der Waals surface area contributed by atoms with E-state index in [1.807, 2.05) is 6.92 Å². The van der Waals surface area contributed by atoms with E-state index >= 15 is 0 Å². The molecule has 8 heteroatoms. The first-order chi connectivity index (χ1) is 11.3. The van der Waals surface area contributed by atoms with Crippen molar-refractivity contribution in [1.82, 2.24) is 9.80 Å². The Balaban J connectivity index is 1.42. The summed E-state index contributed by atoms with van der Waals surface area (Å²) in [5.41, 5.74) is 6.09. The van der Waals surface area contributed by atoms with Gasteiger partial charge < -0.3 is 20.3 Å². The highest BCUT2D eigenvalue weighted by Crippen LogP contribution is 2.37. The van der Waals surface area contributed by atoms with Gasteiger partial charge in [-0.2, -0.15) is 13.2 Å². The summed E-state index contributed by atoms with van der Waals surface area (Å²) in [6.45, 7) is 5.29. The Labute approximate surface area is 141 Å². The molecule has 24 heavy (non-hydrogen) atoms. The monoisotopic (exact) mass is 348 g/mol. The second kappa shape index (κ2) is 7.07. The SMILES string of the molecule is CC1CN(C(N)=NC2CC(N3CCC(C(F)(F)F)CC3)C2)CCO1. The number of piperidine rings is 1. The topological polar surface area (TPSA) is 54.1 Å². The van der Waals surface area contributed by atoms with Crippen molar-refractivity contribution in [2.45, 2.75) is 57.0 Å². The average Bonchev–Trinajstić information content (AvgIpc) is 2.49. The third-order valence-electron chi connectivity index (χ3n) is 5.48. The van der Waals surface area contributed by atoms with E-state index in [9.17, 15) is 13.2 Å². The van der Waals surface area contributed by atoms with Crippen molar-refractivity contribution in [3.8, 4) is 0 Å². The molecule has 3 fully saturated rings. The molecular formula is C16H27F3N4O. The quantitative estimate of drug-likeness (QED) is 0.611. The number of ether oxygens (including phenoxy) is 1. The predicted octanol–water partition coefficient (Wildman–Crippen LogP) is 1.83. The van der Waals surface area contributed by atoms with Crippen LogP contribution in [0.2, 0.25) is 0 Å². The van der Waals surface area contributed by atoms with Crippen molar-refractivity contribution in [3.63, 3.8) is 0 Å². The molecule has 0 aromatic rings. The molecule has 1 saturated carbocycles. The highest BCUT2D eigenvalue weighted by molar-refractivity contribution is 5.78. The molecule has 1 unspecified atom stereocenters. The minimum atomic E-state index is -4.04. The summed E-state index contributed by atoms with van der Waals surface area (Å²) in [7, 11) is 0. The first kappa shape index (κ1) is 17.8. The maximum atomic E-state index is 12.7. The van der Waals surface area contributed by atoms with Crippen LogP contribution < -0.4 is 5.73 Å². The van der Waals surface area contributed by atoms with Gasteiger partial charge in [-0.3, -0.25) is 0 Å². The smallest absolute Gasteiger partial charge is 0.375 e. The van der Waals surface area contributed by atoms with E-state index < -0.39 is 12.1 Å². The van der Waals surface area contributed by atoms with Crippen LogP contribution in [0.5, 0.6) is 0 Å². The number of nitrogens with two attached hydrogens (primary N) is 1. The lowest BCUT2D eigenvalue weighted by Crippen LogP contribution is -2.52. The third kappa shape index (κ3) is 4.14. The van der Waals surface area contributed by atoms with Gasteiger partial charge in [0.15, 0.2) is 5.96 Å². The van der Waals surface area contributed by atoms with Gasteiger partial charge in [0, 0.05) is 19.1 Å². The number of hydrogen-bond donors (Lipinski definition) is 1. The van der Waals surface area contributed by atoms with Crippen LogP contribution in [-0.4, -0.2) is 72.9 Å². The molecule has 1 aliphatic carbocycles. The van der Waals surface area contributed by atoms with Crippen LogP contribution in [0.1, 0.15) is 32.6 Å². The predicted molar refractivity (Wildman–Crippen MR) is 85.8 cm³/mol. The van der Waals surface area contributed by atoms with Gasteiger partial charge in [-0.15, -0.1) is 0 Å². The number of aliphatic imine (C=N–C) groups is 1. The first-order valence-corrected chi connectivity index (χ1v) is 8.83. The summed E-state index contributed by atoms with van der Waals surface area (Å²) in [6, 6.07) is 0.567. The zero-order valence-corrected chi connectivity index (χ0v) is 14.1. The number of rotatable bonds is 2. The molecule has 2 N–H and O–H groups in total. The maximum Gasteiger partial charge on any atom is 0.391 e. The zero-order valence-electron chi connectivity index (χ0n) is 14.1. The van der Waals surface area contributed by atoms with Crippen LogP contribution in [0.4, 0.5) is 13.2 Å². The van der Waals surface area contributed by atoms with Gasteiger partial charge in [-0.1, -0.05) is 0 Å². The number of halogens is 3. The van der Waals surface area contributed by atoms with Gasteiger partial charge >= 0.3 is 6.18 Å². The fourth-order valence-corrected chi connectivity index (χ4v) is 3.85. The van der Waals surface area contributed by atoms with E-state index in [1.165, 1.54) is 0 Å². The number of hydrogen-bond acceptors (Lipinski definition) is 3. The van der Waals surface area contributed by atoms with Crippen LogP contribution >= 0.6 is 0 Å². The summed E-state index contributed by atoms with van der Waals surface area (Å²) >= 11 is 0. The number of nitrogens with zero attached hydrogens (tertiary/aromatic N) is 3. The molecule has 0 aromatic carbocycles. The van der Waals surface area contributed by atoms with Crippen molar-refractivity contribution >= 4 is 5.96 Å². The normalized spacial score (nSPS) is 34.2. The Kier molecular flexibility index (Phi) is 5.24. The second-order valence-electron chi connectivity index (χ2n) is 7.25. The lowest BCUT2D eigenvalue weighted by Gasteiger charge is -2.45. The standard InChI is InChI=1S/C16H27F3N4O/c1-11-10-23(6-7-24-11)15(20)21-13-8-14(9-13)22-4-2-12(3-5-22)16(17,18)19/h11-14H,2-10H2,1H3,(H2,20,21). The Morgan fingerprint density at radius 2 is 1.83 bits per heavy atom. The fraction of sp³-hybridized carbons (Fsp3) is 0.938. The van der Waals surface area contributed by atoms with Crippen molar-refractivity contribution in [2.75, 3.05) is 32.8 Å². The van der Waals surface area contributed by atoms with Crippen molar-refractivity contribution in [1.29, 1.82) is 0 Å². The molecule has 2 saturated heterocycles. The van der Waals surface area contributed by atoms with Crippen LogP contribution in [0.15, 0.2) is 4.99 Å². The Hall–Kier alpha value is -1.02. The zero-order chi connectivity index (χ0) is 17.3. The Bertz CT molecular complexity index is 457. The van der Waals surface area contributed by atoms with E-state index in [2.05, 4.69) is 14.8 Å². The minimum Gasteiger partial charge on any atom is -0.375 e. The summed E-state index contributed by atoms with van der Waals surface area (Å²) in [5, 5.41) is 0. The number of morpholine rings is 1. The molecule has 0 aromatic heterocycles. The van der Waals surface area contributed by atoms with Crippen molar-refractivity contribution in [3.05, 3.63) is 0 Å². The molecule has 0 spiro atoms. The maximum absolute atomic E-state index is 12.7. The van der Waals surface area contributed by atoms with E-state index in [4.69, 9.17) is 10.5 Å². The molecule has 3 rings (SSSR count). The molecule has 0 bridgehead atoms. The Morgan fingerprint density at radius 3 is 2.42 bits per heavy atom. The van der Waals surface area contributed by atoms with E-state index in [0.717, 1.165) is 25.9 Å². The molecule has 2 aliphatic heterocycles. The number of guanidine groups is 1. The highest BCUT2D eigenvalue weighted by atomic mass is 19.4. The summed E-state index contributed by atoms with van der Waals surface area (Å²) < 4.78 is 43.6. The van der Waals surface area contributed by atoms with Gasteiger partial charge in [-0.25, -0.2) is 4.99 Å². The lowest BCUT2D eigenvalue weighted by molar-refractivity contribution is -0.187. The number of alkyl halides is 3. The van der Waals surface area contributed by atoms with Gasteiger partial charge in [0.1, 0.15) is 0 Å². The van der Waals surface area contributed by atoms with Crippen LogP contribution in [0.3, 0.4) is 0 Å². The average molecular weight is 348 g/mol. The molecule has 2 heterocycles. The summed E-state index contributed by atoms with van der Waals surface area (Å²) in [6.07, 6.45) is -1.63. The molecule has 138 valence electrons. The van der Waals surface area contributed by atoms with Gasteiger partial charge in [0.05, 0.1) is 24.7 Å². The number of likely N-dealkylation sites (tertiary alicyclic amines) is 1. The second-order valence-corrected chi connectivity index (χ2v) is 7.25. The van der Waals surface area contributed by atoms with E-state index in [-0.39, 0.29) is 25.0 Å². The Morgan fingerprint density at radius 1 is 1.17 bits per heavy atom. The molecule has 0 radical (unpaired) electrons. The largest absolute Gasteiger partial charge is 0.391 e. The summed E-state index contributed by atoms with van der Waals surface area (Å²) in [5.74, 6) is -0.550. The molecule has 3 aliphatic rings. The van der Waals surface area contributed by atoms with Gasteiger partial charge in [-0.05, 0) is 45.7 Å². The van der Waals surface area contributed by atoms with Crippen molar-refractivity contribution < 1.29 is 17.9 Å². The lowest BCUT2D eigenvalue weighted by atomic mass is 9.83. The summed E-state index contributed by atoms with van der Waals surface area (Å²) in [4.78, 5) is 8.85. The van der Waals surface area contributed by atoms with Crippen LogP contribution in [-0.2, 0) is 4.74 Å². The van der Waals surface area contributed by atoms with Crippen LogP contribution in [0, 0.1) is 5.92 Å². The van der Waals surface area contributed by atoms with Crippen molar-refractivity contribution in [2.24, 2.45) is 16.6 Å². The molecule has 1 atom stereocenters. The molecule has 0 amide bonds. The van der Waals surface area contributed by atoms with Crippen LogP contribution in [0.25, 0.3) is 0 Å². The first-order valence-electron chi connectivity index (χ1n) is 8.83.